The summed E-state index contributed by atoms with van der Waals surface area (Å²) in [5, 5.41) is 4.10. The number of aromatic nitrogens is 1. The number of ether oxygens (including phenoxy) is 1. The van der Waals surface area contributed by atoms with Gasteiger partial charge in [0.25, 0.3) is 5.91 Å². The smallest absolute Gasteiger partial charge is 0.263 e. The molecule has 1 atom stereocenters. The molecule has 0 aliphatic heterocycles. The van der Waals surface area contributed by atoms with Crippen molar-refractivity contribution < 1.29 is 17.9 Å². The molecule has 0 aliphatic rings. The van der Waals surface area contributed by atoms with E-state index in [0.717, 1.165) is 38.8 Å². The molecule has 1 heterocycles. The molecule has 0 radical (unpaired) electrons. The SMILES string of the molecule is COc1ccc(N([C@H](C)C(=O)N/N=C\c2cc(C)n(-c3ccccc3C)c2C)S(C)(=O)=O)cc1. The van der Waals surface area contributed by atoms with E-state index in [0.29, 0.717) is 11.4 Å². The van der Waals surface area contributed by atoms with Crippen molar-refractivity contribution in [3.63, 3.8) is 0 Å². The Morgan fingerprint density at radius 3 is 2.35 bits per heavy atom. The van der Waals surface area contributed by atoms with Crippen LogP contribution in [0.25, 0.3) is 5.69 Å². The fourth-order valence-electron chi connectivity index (χ4n) is 3.90. The molecule has 3 aromatic rings. The Morgan fingerprint density at radius 1 is 1.12 bits per heavy atom. The van der Waals surface area contributed by atoms with Gasteiger partial charge in [-0.25, -0.2) is 13.8 Å². The highest BCUT2D eigenvalue weighted by Crippen LogP contribution is 2.24. The van der Waals surface area contributed by atoms with Gasteiger partial charge < -0.3 is 9.30 Å². The number of hydrogen-bond donors (Lipinski definition) is 1. The van der Waals surface area contributed by atoms with Gasteiger partial charge in [-0.1, -0.05) is 18.2 Å². The lowest BCUT2D eigenvalue weighted by molar-refractivity contribution is -0.121. The van der Waals surface area contributed by atoms with E-state index < -0.39 is 22.0 Å². The summed E-state index contributed by atoms with van der Waals surface area (Å²) in [5.74, 6) is 0.0346. The van der Waals surface area contributed by atoms with Crippen molar-refractivity contribution in [3.8, 4) is 11.4 Å². The fraction of sp³-hybridized carbons (Fsp3) is 0.280. The topological polar surface area (TPSA) is 93.0 Å². The van der Waals surface area contributed by atoms with E-state index in [2.05, 4.69) is 34.2 Å². The Hall–Kier alpha value is -3.59. The second-order valence-corrected chi connectivity index (χ2v) is 9.97. The minimum Gasteiger partial charge on any atom is -0.497 e. The molecule has 180 valence electrons. The normalized spacial score (nSPS) is 12.5. The highest BCUT2D eigenvalue weighted by molar-refractivity contribution is 7.92. The van der Waals surface area contributed by atoms with Crippen LogP contribution in [0.2, 0.25) is 0 Å². The Labute approximate surface area is 200 Å². The van der Waals surface area contributed by atoms with Crippen molar-refractivity contribution >= 4 is 27.8 Å². The summed E-state index contributed by atoms with van der Waals surface area (Å²) in [7, 11) is -2.20. The summed E-state index contributed by atoms with van der Waals surface area (Å²) in [5.41, 5.74) is 7.93. The monoisotopic (exact) mass is 482 g/mol. The molecule has 0 saturated carbocycles. The first-order valence-corrected chi connectivity index (χ1v) is 12.6. The number of sulfonamides is 1. The van der Waals surface area contributed by atoms with Gasteiger partial charge in [0.15, 0.2) is 0 Å². The summed E-state index contributed by atoms with van der Waals surface area (Å²) in [6.45, 7) is 7.57. The van der Waals surface area contributed by atoms with Gasteiger partial charge in [-0.15, -0.1) is 0 Å². The van der Waals surface area contributed by atoms with Crippen molar-refractivity contribution in [3.05, 3.63) is 77.1 Å². The molecule has 0 aliphatic carbocycles. The van der Waals surface area contributed by atoms with Gasteiger partial charge in [-0.05, 0) is 69.7 Å². The van der Waals surface area contributed by atoms with Gasteiger partial charge in [-0.2, -0.15) is 5.10 Å². The van der Waals surface area contributed by atoms with Gasteiger partial charge in [0.1, 0.15) is 11.8 Å². The summed E-state index contributed by atoms with van der Waals surface area (Å²) in [6, 6.07) is 15.5. The van der Waals surface area contributed by atoms with E-state index in [1.807, 2.05) is 32.0 Å². The number of rotatable bonds is 8. The molecular weight excluding hydrogens is 452 g/mol. The van der Waals surface area contributed by atoms with Gasteiger partial charge >= 0.3 is 0 Å². The molecule has 34 heavy (non-hydrogen) atoms. The Kier molecular flexibility index (Phi) is 7.46. The van der Waals surface area contributed by atoms with E-state index >= 15 is 0 Å². The number of anilines is 1. The van der Waals surface area contributed by atoms with E-state index in [4.69, 9.17) is 4.74 Å². The van der Waals surface area contributed by atoms with Crippen LogP contribution in [-0.2, 0) is 14.8 Å². The predicted molar refractivity (Wildman–Crippen MR) is 135 cm³/mol. The predicted octanol–water partition coefficient (Wildman–Crippen LogP) is 3.72. The maximum atomic E-state index is 12.8. The molecule has 0 fully saturated rings. The fourth-order valence-corrected chi connectivity index (χ4v) is 5.07. The lowest BCUT2D eigenvalue weighted by Gasteiger charge is -2.27. The minimum absolute atomic E-state index is 0.358. The summed E-state index contributed by atoms with van der Waals surface area (Å²) in [6.07, 6.45) is 2.63. The van der Waals surface area contributed by atoms with Crippen LogP contribution in [-0.4, -0.2) is 44.5 Å². The maximum absolute atomic E-state index is 12.8. The molecule has 1 aromatic heterocycles. The first-order chi connectivity index (χ1) is 16.0. The molecule has 3 rings (SSSR count). The Morgan fingerprint density at radius 2 is 1.76 bits per heavy atom. The van der Waals surface area contributed by atoms with Crippen molar-refractivity contribution in [2.45, 2.75) is 33.7 Å². The van der Waals surface area contributed by atoms with Crippen molar-refractivity contribution in [1.29, 1.82) is 0 Å². The zero-order valence-corrected chi connectivity index (χ0v) is 21.1. The molecule has 0 bridgehead atoms. The van der Waals surface area contributed by atoms with Crippen LogP contribution in [0.15, 0.2) is 59.7 Å². The zero-order chi connectivity index (χ0) is 25.0. The van der Waals surface area contributed by atoms with Crippen LogP contribution < -0.4 is 14.5 Å². The number of amides is 1. The maximum Gasteiger partial charge on any atom is 0.263 e. The Bertz CT molecular complexity index is 1310. The number of para-hydroxylation sites is 1. The highest BCUT2D eigenvalue weighted by Gasteiger charge is 2.29. The third-order valence-corrected chi connectivity index (χ3v) is 6.86. The minimum atomic E-state index is -3.73. The summed E-state index contributed by atoms with van der Waals surface area (Å²) in [4.78, 5) is 12.8. The Balaban J connectivity index is 1.79. The zero-order valence-electron chi connectivity index (χ0n) is 20.2. The lowest BCUT2D eigenvalue weighted by atomic mass is 10.2. The van der Waals surface area contributed by atoms with Crippen LogP contribution in [0.1, 0.15) is 29.4 Å². The molecule has 0 unspecified atom stereocenters. The second-order valence-electron chi connectivity index (χ2n) is 8.12. The average Bonchev–Trinajstić information content (AvgIpc) is 3.06. The number of hydrogen-bond acceptors (Lipinski definition) is 5. The molecule has 0 saturated heterocycles. The second kappa shape index (κ2) is 10.1. The van der Waals surface area contributed by atoms with Crippen LogP contribution in [0.4, 0.5) is 5.69 Å². The number of hydrazone groups is 1. The van der Waals surface area contributed by atoms with Crippen LogP contribution in [0.5, 0.6) is 5.75 Å². The largest absolute Gasteiger partial charge is 0.497 e. The van der Waals surface area contributed by atoms with E-state index in [1.54, 1.807) is 30.5 Å². The quantitative estimate of drug-likeness (QED) is 0.391. The molecule has 9 heteroatoms. The lowest BCUT2D eigenvalue weighted by Crippen LogP contribution is -2.46. The highest BCUT2D eigenvalue weighted by atomic mass is 32.2. The van der Waals surface area contributed by atoms with E-state index in [-0.39, 0.29) is 0 Å². The number of carbonyl (C=O) groups is 1. The van der Waals surface area contributed by atoms with E-state index in [1.165, 1.54) is 14.0 Å². The molecule has 0 spiro atoms. The standard InChI is InChI=1S/C25H30N4O4S/c1-17-9-7-8-10-24(17)28-18(2)15-21(19(28)3)16-26-27-25(30)20(4)29(34(6,31)32)22-11-13-23(33-5)14-12-22/h7-16,20H,1-6H3,(H,27,30)/b26-16-/t20-/m1/s1. The van der Waals surface area contributed by atoms with Crippen molar-refractivity contribution in [1.82, 2.24) is 9.99 Å². The van der Waals surface area contributed by atoms with E-state index in [9.17, 15) is 13.2 Å². The van der Waals surface area contributed by atoms with Gasteiger partial charge in [0.2, 0.25) is 10.0 Å². The first kappa shape index (κ1) is 25.0. The summed E-state index contributed by atoms with van der Waals surface area (Å²) >= 11 is 0. The first-order valence-electron chi connectivity index (χ1n) is 10.8. The number of nitrogens with zero attached hydrogens (tertiary/aromatic N) is 3. The third-order valence-electron chi connectivity index (χ3n) is 5.62. The molecule has 1 amide bonds. The molecule has 1 N–H and O–H groups in total. The molecule has 8 nitrogen and oxygen atoms in total. The number of aryl methyl sites for hydroxylation is 2. The van der Waals surface area contributed by atoms with Gasteiger partial charge in [0.05, 0.1) is 25.3 Å². The number of methoxy groups -OCH3 is 1. The molecular formula is C25H30N4O4S. The molecule has 2 aromatic carbocycles. The van der Waals surface area contributed by atoms with Crippen molar-refractivity contribution in [2.24, 2.45) is 5.10 Å². The third kappa shape index (κ3) is 5.31. The van der Waals surface area contributed by atoms with Gasteiger partial charge in [0, 0.05) is 22.6 Å². The number of carbonyl (C=O) groups excluding carboxylic acids is 1. The van der Waals surface area contributed by atoms with Crippen LogP contribution >= 0.6 is 0 Å². The summed E-state index contributed by atoms with van der Waals surface area (Å²) < 4.78 is 33.2. The number of benzene rings is 2. The van der Waals surface area contributed by atoms with Crippen molar-refractivity contribution in [2.75, 3.05) is 17.7 Å². The van der Waals surface area contributed by atoms with Gasteiger partial charge in [-0.3, -0.25) is 9.10 Å². The number of nitrogens with one attached hydrogen (secondary N) is 1. The van der Waals surface area contributed by atoms with Crippen LogP contribution in [0, 0.1) is 20.8 Å². The van der Waals surface area contributed by atoms with Crippen LogP contribution in [0.3, 0.4) is 0 Å². The average molecular weight is 483 g/mol.